The predicted molar refractivity (Wildman–Crippen MR) is 436 cm³/mol. The Labute approximate surface area is 711 Å². The highest BCUT2D eigenvalue weighted by molar-refractivity contribution is 6.12. The van der Waals surface area contributed by atoms with Gasteiger partial charge in [-0.3, -0.25) is 81.7 Å². The number of amides is 13. The Morgan fingerprint density at radius 2 is 0.762 bits per heavy atom. The van der Waals surface area contributed by atoms with Gasteiger partial charge in [0.25, 0.3) is 11.8 Å². The van der Waals surface area contributed by atoms with E-state index in [9.17, 15) is 71.9 Å². The molecule has 0 aliphatic carbocycles. The minimum absolute atomic E-state index is 0.0240. The first-order chi connectivity index (χ1) is 59.1. The summed E-state index contributed by atoms with van der Waals surface area (Å²) in [7, 11) is 0. The number of carbonyl (C=O) groups is 15. The highest BCUT2D eigenvalue weighted by atomic mass is 16.6. The van der Waals surface area contributed by atoms with Crippen molar-refractivity contribution in [3.8, 4) is 0 Å². The zero-order valence-electron chi connectivity index (χ0n) is 70.2. The van der Waals surface area contributed by atoms with Crippen molar-refractivity contribution in [1.82, 2.24) is 67.5 Å². The topological polar surface area (TPSA) is 497 Å². The lowest BCUT2D eigenvalue weighted by Crippen LogP contribution is -2.52. The van der Waals surface area contributed by atoms with Gasteiger partial charge in [0.1, 0.15) is 31.2 Å². The lowest BCUT2D eigenvalue weighted by molar-refractivity contribution is -0.137. The molecule has 2 atom stereocenters. The van der Waals surface area contributed by atoms with Gasteiger partial charge < -0.3 is 119 Å². The van der Waals surface area contributed by atoms with Gasteiger partial charge in [-0.25, -0.2) is 0 Å². The quantitative estimate of drug-likeness (QED) is 0.0172. The van der Waals surface area contributed by atoms with Gasteiger partial charge in [0.2, 0.25) is 65.0 Å². The Bertz CT molecular complexity index is 3410. The second-order valence-electron chi connectivity index (χ2n) is 27.5. The fourth-order valence-electron chi connectivity index (χ4n) is 11.0. The molecule has 122 heavy (non-hydrogen) atoms. The van der Waals surface area contributed by atoms with E-state index < -0.39 is 98.0 Å². The molecule has 2 aliphatic heterocycles. The van der Waals surface area contributed by atoms with Crippen LogP contribution in [0, 0.1) is 0 Å². The Hall–Kier alpha value is -9.73. The molecule has 0 bridgehead atoms. The molecule has 0 spiro atoms. The molecule has 1 saturated heterocycles. The van der Waals surface area contributed by atoms with Gasteiger partial charge in [0, 0.05) is 90.1 Å². The third kappa shape index (κ3) is 53.9. The molecule has 1 fully saturated rings. The van der Waals surface area contributed by atoms with E-state index in [1.807, 2.05) is 4.90 Å². The standard InChI is InChI=1S/C81H125N13O28/c1-63(95)54-86-80(108)67(52-65-12-6-3-7-13-65)89-74(102)58-84-71(99)55-82-69(97)19-28-110-36-38-116-34-26-93(27-35-117-39-37-111-29-20-70(98)83-56-72(100)85-59-75(103)90-68(53-66-14-8-4-9-15-66)81(109)87-57-73(101)88-62-122-61-64(2)96)79(107)60-91-22-30-112-40-44-118-48-50-120-46-42-114-32-24-92(25-33-115-43-47-121-51-49-119-45-41-113-31-23-91)76(104)16-10-5-11-21-94-77(105)17-18-78(94)106/h3-4,6-9,12-15,17-18,67-68H,5,10-11,16,19-62H2,1-2H3,(H,82,97)(H,83,98)(H,84,99)(H,85,100)(H,86,108)(H,87,109)(H,88,101)(H,89,102)(H,90,103)/t67-,68-/m0/s1. The third-order valence-electron chi connectivity index (χ3n) is 17.6. The molecule has 2 aromatic rings. The highest BCUT2D eigenvalue weighted by Crippen LogP contribution is 2.11. The van der Waals surface area contributed by atoms with Crippen LogP contribution in [0.15, 0.2) is 72.8 Å². The summed E-state index contributed by atoms with van der Waals surface area (Å²) in [6.45, 7) is 6.41. The zero-order chi connectivity index (χ0) is 88.3. The van der Waals surface area contributed by atoms with Crippen molar-refractivity contribution in [3.63, 3.8) is 0 Å². The van der Waals surface area contributed by atoms with E-state index >= 15 is 0 Å². The predicted octanol–water partition coefficient (Wildman–Crippen LogP) is -4.16. The number of rotatable bonds is 50. The number of ketones is 2. The van der Waals surface area contributed by atoms with E-state index in [4.69, 9.17) is 61.6 Å². The monoisotopic (exact) mass is 1730 g/mol. The van der Waals surface area contributed by atoms with Crippen LogP contribution < -0.4 is 47.9 Å². The maximum Gasteiger partial charge on any atom is 0.253 e. The van der Waals surface area contributed by atoms with E-state index in [0.717, 1.165) is 5.56 Å². The maximum atomic E-state index is 14.3. The van der Waals surface area contributed by atoms with Crippen molar-refractivity contribution in [3.05, 3.63) is 83.9 Å². The van der Waals surface area contributed by atoms with Crippen LogP contribution in [0.2, 0.25) is 0 Å². The van der Waals surface area contributed by atoms with Crippen LogP contribution in [0.25, 0.3) is 0 Å². The number of unbranched alkanes of at least 4 members (excludes halogenated alkanes) is 2. The molecule has 0 saturated carbocycles. The number of benzene rings is 2. The minimum Gasteiger partial charge on any atom is -0.379 e. The minimum atomic E-state index is -1.13. The molecule has 13 amide bonds. The largest absolute Gasteiger partial charge is 0.379 e. The third-order valence-corrected chi connectivity index (χ3v) is 17.6. The fraction of sp³-hybridized carbons (Fsp3) is 0.642. The summed E-state index contributed by atoms with van der Waals surface area (Å²) < 4.78 is 74.2. The van der Waals surface area contributed by atoms with Gasteiger partial charge in [0.15, 0.2) is 5.78 Å². The van der Waals surface area contributed by atoms with Gasteiger partial charge in [-0.1, -0.05) is 67.1 Å². The Kier molecular flexibility index (Phi) is 58.1. The summed E-state index contributed by atoms with van der Waals surface area (Å²) >= 11 is 0. The van der Waals surface area contributed by atoms with Crippen LogP contribution >= 0.6 is 0 Å². The lowest BCUT2D eigenvalue weighted by atomic mass is 10.1. The molecule has 4 rings (SSSR count). The Morgan fingerprint density at radius 3 is 1.19 bits per heavy atom. The van der Waals surface area contributed by atoms with Crippen molar-refractivity contribution in [2.75, 3.05) is 264 Å². The molecule has 2 aliphatic rings. The second-order valence-corrected chi connectivity index (χ2v) is 27.5. The van der Waals surface area contributed by atoms with Gasteiger partial charge in [-0.2, -0.15) is 0 Å². The number of hydrogen-bond donors (Lipinski definition) is 9. The summed E-state index contributed by atoms with van der Waals surface area (Å²) in [5.41, 5.74) is 1.46. The first kappa shape index (κ1) is 105. The maximum absolute atomic E-state index is 14.3. The summed E-state index contributed by atoms with van der Waals surface area (Å²) in [4.78, 5) is 195. The van der Waals surface area contributed by atoms with Crippen molar-refractivity contribution < 1.29 is 133 Å². The normalized spacial score (nSPS) is 15.4. The van der Waals surface area contributed by atoms with E-state index in [-0.39, 0.29) is 206 Å². The average molecular weight is 1730 g/mol. The zero-order valence-corrected chi connectivity index (χ0v) is 70.2. The highest BCUT2D eigenvalue weighted by Gasteiger charge is 2.27. The molecular formula is C81H125N13O28. The Morgan fingerprint density at radius 1 is 0.385 bits per heavy atom. The van der Waals surface area contributed by atoms with Crippen LogP contribution in [-0.2, 0) is 146 Å². The van der Waals surface area contributed by atoms with Crippen LogP contribution in [0.4, 0.5) is 0 Å². The van der Waals surface area contributed by atoms with Gasteiger partial charge in [0.05, 0.1) is 204 Å². The number of ether oxygens (including phenoxy) is 13. The number of nitrogens with one attached hydrogen (secondary N) is 9. The van der Waals surface area contributed by atoms with Crippen LogP contribution in [-0.4, -0.2) is 384 Å². The number of Topliss-reactive ketones (excluding diaryl/α,β-unsaturated/α-hetero) is 2. The summed E-state index contributed by atoms with van der Waals surface area (Å²) in [6, 6.07) is 15.5. The fourth-order valence-corrected chi connectivity index (χ4v) is 11.0. The molecular weight excluding hydrogens is 1600 g/mol. The van der Waals surface area contributed by atoms with Crippen molar-refractivity contribution in [2.45, 2.75) is 77.3 Å². The lowest BCUT2D eigenvalue weighted by Gasteiger charge is -2.27. The van der Waals surface area contributed by atoms with Crippen molar-refractivity contribution >= 4 is 88.4 Å². The molecule has 9 N–H and O–H groups in total. The molecule has 41 heteroatoms. The van der Waals surface area contributed by atoms with Gasteiger partial charge in [-0.15, -0.1) is 0 Å². The molecule has 2 heterocycles. The first-order valence-corrected chi connectivity index (χ1v) is 41.0. The number of nitrogens with zero attached hydrogens (tertiary/aromatic N) is 4. The number of hydrogen-bond acceptors (Lipinski definition) is 29. The first-order valence-electron chi connectivity index (χ1n) is 41.0. The van der Waals surface area contributed by atoms with E-state index in [1.165, 1.54) is 30.9 Å². The van der Waals surface area contributed by atoms with Gasteiger partial charge in [-0.05, 0) is 37.8 Å². The van der Waals surface area contributed by atoms with E-state index in [2.05, 4.69) is 47.9 Å². The second kappa shape index (κ2) is 67.8. The van der Waals surface area contributed by atoms with Crippen molar-refractivity contribution in [1.29, 1.82) is 0 Å². The molecule has 682 valence electrons. The molecule has 0 radical (unpaired) electrons. The summed E-state index contributed by atoms with van der Waals surface area (Å²) in [6.07, 6.45) is 4.60. The Balaban J connectivity index is 1.23. The van der Waals surface area contributed by atoms with Crippen molar-refractivity contribution in [2.24, 2.45) is 0 Å². The van der Waals surface area contributed by atoms with E-state index in [1.54, 1.807) is 70.5 Å². The van der Waals surface area contributed by atoms with Gasteiger partial charge >= 0.3 is 0 Å². The van der Waals surface area contributed by atoms with Crippen LogP contribution in [0.1, 0.15) is 63.5 Å². The average Bonchev–Trinajstić information content (AvgIpc) is 1.56. The summed E-state index contributed by atoms with van der Waals surface area (Å²) in [5.74, 6) is -7.11. The SMILES string of the molecule is CC(=O)CNC(=O)[C@H](Cc1ccccc1)NC(=O)CNC(=O)CNC(=O)CCOCCOCCN(CCOCCOCCC(=O)NCC(=O)NCC(=O)N[C@@H](Cc1ccccc1)C(=O)NCC(=O)NCOCC(C)=O)C(=O)CN1CCOCCOCCOCCOCCN(C(=O)CCCCCN2C(=O)C=CC2=O)CCOCCOCCOCCOCC1. The molecule has 2 aromatic carbocycles. The molecule has 0 aromatic heterocycles. The smallest absolute Gasteiger partial charge is 0.253 e. The van der Waals surface area contributed by atoms with E-state index in [0.29, 0.717) is 117 Å². The molecule has 0 unspecified atom stereocenters. The van der Waals surface area contributed by atoms with Crippen LogP contribution in [0.5, 0.6) is 0 Å². The number of carbonyl (C=O) groups excluding carboxylic acids is 15. The molecule has 41 nitrogen and oxygen atoms in total. The summed E-state index contributed by atoms with van der Waals surface area (Å²) in [5, 5.41) is 22.2. The number of imide groups is 1. The van der Waals surface area contributed by atoms with Crippen LogP contribution in [0.3, 0.4) is 0 Å².